The number of aryl methyl sites for hydroxylation is 1. The van der Waals surface area contributed by atoms with E-state index in [1.54, 1.807) is 11.3 Å². The zero-order valence-corrected chi connectivity index (χ0v) is 10.4. The molecule has 17 heavy (non-hydrogen) atoms. The molecule has 1 aliphatic carbocycles. The van der Waals surface area contributed by atoms with Crippen LogP contribution in [0.5, 0.6) is 0 Å². The van der Waals surface area contributed by atoms with Crippen LogP contribution in [0.25, 0.3) is 0 Å². The molecule has 2 rings (SSSR count). The zero-order chi connectivity index (χ0) is 12.3. The van der Waals surface area contributed by atoms with Crippen molar-refractivity contribution in [2.45, 2.75) is 44.8 Å². The summed E-state index contributed by atoms with van der Waals surface area (Å²) < 4.78 is 36.1. The number of fused-ring (bicyclic) bond motifs is 1. The van der Waals surface area contributed by atoms with Gasteiger partial charge in [0.1, 0.15) is 0 Å². The lowest BCUT2D eigenvalue weighted by Gasteiger charge is -2.09. The molecule has 0 saturated heterocycles. The largest absolute Gasteiger partial charge is 0.401 e. The van der Waals surface area contributed by atoms with Crippen molar-refractivity contribution >= 4 is 11.3 Å². The third-order valence-corrected chi connectivity index (χ3v) is 4.18. The minimum atomic E-state index is -4.12. The second-order valence-electron chi connectivity index (χ2n) is 4.44. The molecule has 1 aromatic heterocycles. The zero-order valence-electron chi connectivity index (χ0n) is 9.57. The molecule has 0 spiro atoms. The molecule has 1 aromatic rings. The molecule has 1 N–H and O–H groups in total. The highest BCUT2D eigenvalue weighted by Gasteiger charge is 2.26. The maximum absolute atomic E-state index is 12.0. The quantitative estimate of drug-likeness (QED) is 0.820. The van der Waals surface area contributed by atoms with E-state index in [1.807, 2.05) is 5.38 Å². The molecule has 0 atom stereocenters. The molecule has 1 heterocycles. The Hall–Kier alpha value is -0.550. The molecule has 1 aliphatic rings. The fraction of sp³-hybridized carbons (Fsp3) is 0.667. The number of halogens is 3. The molecule has 0 radical (unpaired) electrons. The fourth-order valence-electron chi connectivity index (χ4n) is 2.22. The molecule has 0 aliphatic heterocycles. The van der Waals surface area contributed by atoms with Crippen molar-refractivity contribution in [3.05, 3.63) is 21.4 Å². The second-order valence-corrected chi connectivity index (χ2v) is 5.41. The van der Waals surface area contributed by atoms with E-state index in [-0.39, 0.29) is 0 Å². The van der Waals surface area contributed by atoms with E-state index in [1.165, 1.54) is 23.3 Å². The summed E-state index contributed by atoms with van der Waals surface area (Å²) >= 11 is 1.70. The van der Waals surface area contributed by atoms with Gasteiger partial charge in [-0.25, -0.2) is 0 Å². The summed E-state index contributed by atoms with van der Waals surface area (Å²) in [5.74, 6) is 0. The SMILES string of the molecule is FC(F)(F)CNCc1csc2c1CCCCC2. The van der Waals surface area contributed by atoms with E-state index >= 15 is 0 Å². The van der Waals surface area contributed by atoms with Gasteiger partial charge in [-0.15, -0.1) is 11.3 Å². The third kappa shape index (κ3) is 3.71. The van der Waals surface area contributed by atoms with Crippen LogP contribution in [0.1, 0.15) is 35.3 Å². The first kappa shape index (κ1) is 12.9. The Morgan fingerprint density at radius 3 is 2.71 bits per heavy atom. The predicted molar refractivity (Wildman–Crippen MR) is 63.3 cm³/mol. The molecule has 0 unspecified atom stereocenters. The van der Waals surface area contributed by atoms with Crippen LogP contribution in [0.2, 0.25) is 0 Å². The number of hydrogen-bond donors (Lipinski definition) is 1. The number of thiophene rings is 1. The van der Waals surface area contributed by atoms with Gasteiger partial charge in [0.15, 0.2) is 0 Å². The van der Waals surface area contributed by atoms with Crippen molar-refractivity contribution in [1.29, 1.82) is 0 Å². The highest BCUT2D eigenvalue weighted by molar-refractivity contribution is 7.10. The Morgan fingerprint density at radius 2 is 1.94 bits per heavy atom. The highest BCUT2D eigenvalue weighted by atomic mass is 32.1. The highest BCUT2D eigenvalue weighted by Crippen LogP contribution is 2.29. The standard InChI is InChI=1S/C12H16F3NS/c13-12(14,15)8-16-6-9-7-17-11-5-3-1-2-4-10(9)11/h7,16H,1-6,8H2. The Morgan fingerprint density at radius 1 is 1.18 bits per heavy atom. The van der Waals surface area contributed by atoms with Gasteiger partial charge in [0.25, 0.3) is 0 Å². The third-order valence-electron chi connectivity index (χ3n) is 3.04. The van der Waals surface area contributed by atoms with E-state index in [0.29, 0.717) is 6.54 Å². The second kappa shape index (κ2) is 5.40. The molecular weight excluding hydrogens is 247 g/mol. The van der Waals surface area contributed by atoms with Crippen molar-refractivity contribution in [3.63, 3.8) is 0 Å². The van der Waals surface area contributed by atoms with E-state index in [4.69, 9.17) is 0 Å². The minimum absolute atomic E-state index is 0.339. The van der Waals surface area contributed by atoms with Gasteiger partial charge < -0.3 is 5.32 Å². The summed E-state index contributed by atoms with van der Waals surface area (Å²) in [4.78, 5) is 1.38. The van der Waals surface area contributed by atoms with E-state index < -0.39 is 12.7 Å². The lowest BCUT2D eigenvalue weighted by molar-refractivity contribution is -0.125. The van der Waals surface area contributed by atoms with Gasteiger partial charge in [-0.2, -0.15) is 13.2 Å². The number of alkyl halides is 3. The predicted octanol–water partition coefficient (Wildman–Crippen LogP) is 3.67. The van der Waals surface area contributed by atoms with Crippen molar-refractivity contribution < 1.29 is 13.2 Å². The maximum Gasteiger partial charge on any atom is 0.401 e. The topological polar surface area (TPSA) is 12.0 Å². The number of hydrogen-bond acceptors (Lipinski definition) is 2. The lowest BCUT2D eigenvalue weighted by Crippen LogP contribution is -2.28. The molecular formula is C12H16F3NS. The van der Waals surface area contributed by atoms with Gasteiger partial charge in [-0.05, 0) is 42.2 Å². The summed E-state index contributed by atoms with van der Waals surface area (Å²) in [7, 11) is 0. The van der Waals surface area contributed by atoms with E-state index in [2.05, 4.69) is 5.32 Å². The molecule has 5 heteroatoms. The minimum Gasteiger partial charge on any atom is -0.305 e. The fourth-order valence-corrected chi connectivity index (χ4v) is 3.37. The van der Waals surface area contributed by atoms with Gasteiger partial charge in [0.2, 0.25) is 0 Å². The molecule has 0 fully saturated rings. The Kier molecular flexibility index (Phi) is 4.09. The Balaban J connectivity index is 1.95. The molecule has 0 aromatic carbocycles. The van der Waals surface area contributed by atoms with Gasteiger partial charge in [-0.1, -0.05) is 6.42 Å². The number of rotatable bonds is 3. The Bertz CT molecular complexity index is 370. The molecule has 0 amide bonds. The first-order valence-corrected chi connectivity index (χ1v) is 6.80. The van der Waals surface area contributed by atoms with Crippen LogP contribution in [0.15, 0.2) is 5.38 Å². The first-order chi connectivity index (χ1) is 8.06. The molecule has 0 saturated carbocycles. The van der Waals surface area contributed by atoms with Crippen LogP contribution in [-0.4, -0.2) is 12.7 Å². The summed E-state index contributed by atoms with van der Waals surface area (Å²) in [6.07, 6.45) is 1.61. The average Bonchev–Trinajstić information content (AvgIpc) is 2.47. The molecule has 1 nitrogen and oxygen atoms in total. The lowest BCUT2D eigenvalue weighted by atomic mass is 10.1. The van der Waals surface area contributed by atoms with Crippen LogP contribution in [-0.2, 0) is 19.4 Å². The molecule has 96 valence electrons. The monoisotopic (exact) mass is 263 g/mol. The van der Waals surface area contributed by atoms with E-state index in [9.17, 15) is 13.2 Å². The van der Waals surface area contributed by atoms with Crippen LogP contribution < -0.4 is 5.32 Å². The summed E-state index contributed by atoms with van der Waals surface area (Å²) in [5, 5.41) is 4.49. The van der Waals surface area contributed by atoms with Gasteiger partial charge >= 0.3 is 6.18 Å². The number of nitrogens with one attached hydrogen (secondary N) is 1. The van der Waals surface area contributed by atoms with Crippen molar-refractivity contribution in [2.75, 3.05) is 6.54 Å². The van der Waals surface area contributed by atoms with Gasteiger partial charge in [-0.3, -0.25) is 0 Å². The van der Waals surface area contributed by atoms with Crippen molar-refractivity contribution in [2.24, 2.45) is 0 Å². The molecule has 0 bridgehead atoms. The van der Waals surface area contributed by atoms with E-state index in [0.717, 1.165) is 24.8 Å². The first-order valence-electron chi connectivity index (χ1n) is 5.92. The Labute approximate surface area is 103 Å². The summed E-state index contributed by atoms with van der Waals surface area (Å²) in [6.45, 7) is -0.567. The maximum atomic E-state index is 12.0. The smallest absolute Gasteiger partial charge is 0.305 e. The van der Waals surface area contributed by atoms with Crippen molar-refractivity contribution in [1.82, 2.24) is 5.32 Å². The van der Waals surface area contributed by atoms with Crippen LogP contribution >= 0.6 is 11.3 Å². The van der Waals surface area contributed by atoms with Crippen LogP contribution in [0, 0.1) is 0 Å². The summed E-state index contributed by atoms with van der Waals surface area (Å²) in [6, 6.07) is 0. The van der Waals surface area contributed by atoms with Crippen LogP contribution in [0.4, 0.5) is 13.2 Å². The summed E-state index contributed by atoms with van der Waals surface area (Å²) in [5.41, 5.74) is 2.37. The average molecular weight is 263 g/mol. The van der Waals surface area contributed by atoms with Crippen LogP contribution in [0.3, 0.4) is 0 Å². The van der Waals surface area contributed by atoms with Crippen molar-refractivity contribution in [3.8, 4) is 0 Å². The van der Waals surface area contributed by atoms with Gasteiger partial charge in [0, 0.05) is 11.4 Å². The van der Waals surface area contributed by atoms with Gasteiger partial charge in [0.05, 0.1) is 6.54 Å². The normalized spacial score (nSPS) is 16.6.